The van der Waals surface area contributed by atoms with Crippen molar-refractivity contribution in [3.05, 3.63) is 59.8 Å². The number of para-hydroxylation sites is 1. The molecule has 2 amide bonds. The Morgan fingerprint density at radius 3 is 2.00 bits per heavy atom. The van der Waals surface area contributed by atoms with Crippen molar-refractivity contribution in [3.8, 4) is 12.3 Å². The number of terminal acetylenes is 1. The molecule has 0 spiro atoms. The van der Waals surface area contributed by atoms with Gasteiger partial charge in [-0.2, -0.15) is 15.0 Å². The number of benzene rings is 1. The molecule has 5 aromatic rings. The molecule has 0 aliphatic carbocycles. The number of halogens is 1. The van der Waals surface area contributed by atoms with Crippen molar-refractivity contribution >= 4 is 53.0 Å². The van der Waals surface area contributed by atoms with Crippen molar-refractivity contribution in [1.82, 2.24) is 59.7 Å². The van der Waals surface area contributed by atoms with E-state index < -0.39 is 18.1 Å². The number of nitrogens with two attached hydrogens (primary N) is 2. The van der Waals surface area contributed by atoms with Gasteiger partial charge in [-0.25, -0.2) is 9.36 Å². The minimum absolute atomic E-state index is 0. The van der Waals surface area contributed by atoms with Crippen LogP contribution in [0.2, 0.25) is 0 Å². The molecule has 2 aliphatic heterocycles. The fourth-order valence-electron chi connectivity index (χ4n) is 8.59. The summed E-state index contributed by atoms with van der Waals surface area (Å²) in [4.78, 5) is 54.9. The van der Waals surface area contributed by atoms with E-state index in [1.807, 2.05) is 54.1 Å². The fraction of sp³-hybridized carbons (Fsp3) is 0.604. The number of rotatable bonds is 26. The number of ether oxygens (including phenoxy) is 3. The van der Waals surface area contributed by atoms with E-state index in [4.69, 9.17) is 47.1 Å². The summed E-state index contributed by atoms with van der Waals surface area (Å²) in [5.41, 5.74) is 15.6. The summed E-state index contributed by atoms with van der Waals surface area (Å²) >= 11 is 0. The van der Waals surface area contributed by atoms with Gasteiger partial charge in [0.1, 0.15) is 24.4 Å². The third-order valence-electron chi connectivity index (χ3n) is 13.4. The molecule has 1 aromatic carbocycles. The summed E-state index contributed by atoms with van der Waals surface area (Å²) < 4.78 is 19.8. The number of H-pyrrole nitrogens is 1. The monoisotopic (exact) mass is 1020 g/mol. The molecule has 0 radical (unpaired) electrons. The molecule has 1 unspecified atom stereocenters. The van der Waals surface area contributed by atoms with E-state index in [-0.39, 0.29) is 55.3 Å². The van der Waals surface area contributed by atoms with Crippen LogP contribution in [0.4, 0.5) is 17.8 Å². The smallest absolute Gasteiger partial charge is 0.248 e. The maximum absolute atomic E-state index is 14.7. The lowest BCUT2D eigenvalue weighted by Gasteiger charge is -2.38. The molecule has 392 valence electrons. The molecule has 2 saturated heterocycles. The van der Waals surface area contributed by atoms with Gasteiger partial charge in [0, 0.05) is 76.5 Å². The predicted molar refractivity (Wildman–Crippen MR) is 274 cm³/mol. The Morgan fingerprint density at radius 1 is 0.792 bits per heavy atom. The number of aromatic amines is 1. The Morgan fingerprint density at radius 2 is 1.38 bits per heavy atom. The highest BCUT2D eigenvalue weighted by atomic mass is 35.5. The van der Waals surface area contributed by atoms with Crippen molar-refractivity contribution in [1.29, 1.82) is 0 Å². The molecule has 2 aliphatic rings. The molecule has 24 heteroatoms. The van der Waals surface area contributed by atoms with E-state index in [0.29, 0.717) is 128 Å². The molecular weight excluding hydrogens is 946 g/mol. The second-order valence-corrected chi connectivity index (χ2v) is 18.2. The number of carbonyl (C=O) groups excluding carboxylic acids is 2. The van der Waals surface area contributed by atoms with Crippen LogP contribution in [-0.2, 0) is 30.2 Å². The lowest BCUT2D eigenvalue weighted by Crippen LogP contribution is -2.52. The first kappa shape index (κ1) is 55.3. The Bertz CT molecular complexity index is 2470. The van der Waals surface area contributed by atoms with Crippen LogP contribution in [0.3, 0.4) is 0 Å². The van der Waals surface area contributed by atoms with Crippen LogP contribution in [0.15, 0.2) is 42.7 Å². The van der Waals surface area contributed by atoms with Gasteiger partial charge in [-0.15, -0.1) is 29.0 Å². The standard InChI is InChI=1S/C48H71N17O6.ClH/c1-6-22-69-24-26-71-27-25-70-23-13-51-46-53-47(55-48(54-46)63-20-16-61(17-21-63)45(68)43(34(5)8-3)65-30-39(56-59-65)37(49)32-66)62-18-14-60(15-19-62)44(67)41(29-36-28-35-11-9-10-12-38(35)52-36)64-31-40(57-58-64)42(50)33(4)7-2;/h1,9-12,28,30-31,33-34,37,41-43,52,66H,7-8,13-27,29,32,49-50H2,2-5H3,(H,51,53,54,55);1H/t33?,34-,37-,41-,42-,43-;/m0./s1. The molecule has 0 saturated carbocycles. The number of hydrogen-bond acceptors (Lipinski definition) is 18. The lowest BCUT2D eigenvalue weighted by atomic mass is 9.97. The summed E-state index contributed by atoms with van der Waals surface area (Å²) in [5, 5.41) is 31.3. The minimum atomic E-state index is -0.688. The molecular formula is C48H72ClN17O6. The van der Waals surface area contributed by atoms with Crippen molar-refractivity contribution in [3.63, 3.8) is 0 Å². The largest absolute Gasteiger partial charge is 0.394 e. The quantitative estimate of drug-likeness (QED) is 0.0392. The second-order valence-electron chi connectivity index (χ2n) is 18.2. The van der Waals surface area contributed by atoms with Gasteiger partial charge >= 0.3 is 0 Å². The van der Waals surface area contributed by atoms with Gasteiger partial charge in [-0.1, -0.05) is 75.1 Å². The zero-order valence-electron chi connectivity index (χ0n) is 41.9. The van der Waals surface area contributed by atoms with Gasteiger partial charge in [0.15, 0.2) is 0 Å². The van der Waals surface area contributed by atoms with Crippen LogP contribution in [0.1, 0.15) is 81.8 Å². The zero-order chi connectivity index (χ0) is 50.3. The summed E-state index contributed by atoms with van der Waals surface area (Å²) in [6.07, 6.45) is 10.7. The molecule has 7 rings (SSSR count). The molecule has 6 atom stereocenters. The van der Waals surface area contributed by atoms with Gasteiger partial charge in [0.2, 0.25) is 29.7 Å². The van der Waals surface area contributed by atoms with E-state index in [9.17, 15) is 14.7 Å². The van der Waals surface area contributed by atoms with E-state index in [1.54, 1.807) is 15.6 Å². The maximum Gasteiger partial charge on any atom is 0.248 e. The predicted octanol–water partition coefficient (Wildman–Crippen LogP) is 2.16. The van der Waals surface area contributed by atoms with Crippen molar-refractivity contribution in [2.24, 2.45) is 23.3 Å². The highest BCUT2D eigenvalue weighted by molar-refractivity contribution is 5.85. The summed E-state index contributed by atoms with van der Waals surface area (Å²) in [6, 6.07) is 7.88. The average molecular weight is 1020 g/mol. The van der Waals surface area contributed by atoms with Crippen molar-refractivity contribution in [2.45, 2.75) is 71.1 Å². The molecule has 4 aromatic heterocycles. The van der Waals surface area contributed by atoms with Crippen molar-refractivity contribution < 1.29 is 28.9 Å². The molecule has 7 N–H and O–H groups in total. The number of anilines is 3. The third kappa shape index (κ3) is 14.1. The number of nitrogens with one attached hydrogen (secondary N) is 2. The number of amides is 2. The van der Waals surface area contributed by atoms with Gasteiger partial charge < -0.3 is 60.7 Å². The topological polar surface area (TPSA) is 275 Å². The Hall–Kier alpha value is -6.00. The number of piperazine rings is 2. The van der Waals surface area contributed by atoms with E-state index in [0.717, 1.165) is 29.4 Å². The molecule has 6 heterocycles. The first-order valence-electron chi connectivity index (χ1n) is 24.8. The second kappa shape index (κ2) is 27.2. The van der Waals surface area contributed by atoms with E-state index >= 15 is 0 Å². The van der Waals surface area contributed by atoms with Crippen LogP contribution in [0.5, 0.6) is 0 Å². The first-order valence-corrected chi connectivity index (χ1v) is 24.8. The number of aliphatic hydroxyl groups is 1. The third-order valence-corrected chi connectivity index (χ3v) is 13.4. The van der Waals surface area contributed by atoms with Crippen LogP contribution < -0.4 is 26.6 Å². The average Bonchev–Trinajstić information content (AvgIpc) is 4.20. The van der Waals surface area contributed by atoms with E-state index in [1.165, 1.54) is 0 Å². The maximum atomic E-state index is 14.7. The SMILES string of the molecule is C#CCOCCOCCOCCNc1nc(N2CCN(C(=O)[C@H]([C@@H](C)CC)n3cc([C@@H](N)CO)nn3)CC2)nc(N2CCN(C(=O)[C@H](Cc3cc4ccccc4[nH]3)n3cc([C@@H](N)C(C)CC)nn3)CC2)n1.Cl. The Kier molecular flexibility index (Phi) is 20.9. The first-order chi connectivity index (χ1) is 34.5. The summed E-state index contributed by atoms with van der Waals surface area (Å²) in [6.45, 7) is 14.2. The normalized spacial score (nSPS) is 16.7. The number of hydrogen-bond donors (Lipinski definition) is 5. The van der Waals surface area contributed by atoms with Gasteiger partial charge in [0.25, 0.3) is 0 Å². The summed E-state index contributed by atoms with van der Waals surface area (Å²) in [5.74, 6) is 3.77. The minimum Gasteiger partial charge on any atom is -0.394 e. The number of aromatic nitrogens is 10. The highest BCUT2D eigenvalue weighted by Crippen LogP contribution is 2.28. The molecule has 2 fully saturated rings. The van der Waals surface area contributed by atoms with E-state index in [2.05, 4.69) is 66.6 Å². The zero-order valence-corrected chi connectivity index (χ0v) is 42.7. The van der Waals surface area contributed by atoms with Gasteiger partial charge in [-0.05, 0) is 29.4 Å². The van der Waals surface area contributed by atoms with Gasteiger partial charge in [0.05, 0.1) is 69.8 Å². The van der Waals surface area contributed by atoms with Crippen molar-refractivity contribution in [2.75, 3.05) is 120 Å². The molecule has 0 bridgehead atoms. The number of aliphatic hydroxyl groups excluding tert-OH is 1. The van der Waals surface area contributed by atoms with Crippen LogP contribution in [0.25, 0.3) is 10.9 Å². The summed E-state index contributed by atoms with van der Waals surface area (Å²) in [7, 11) is 0. The number of nitrogens with zero attached hydrogens (tertiary/aromatic N) is 13. The Labute approximate surface area is 427 Å². The van der Waals surface area contributed by atoms with Gasteiger partial charge in [-0.3, -0.25) is 9.59 Å². The number of carbonyl (C=O) groups is 2. The Balaban J connectivity index is 0.00000847. The molecule has 72 heavy (non-hydrogen) atoms. The number of fused-ring (bicyclic) bond motifs is 1. The van der Waals surface area contributed by atoms with Crippen LogP contribution in [-0.4, -0.2) is 182 Å². The van der Waals surface area contributed by atoms with Crippen LogP contribution >= 0.6 is 12.4 Å². The van der Waals surface area contributed by atoms with Crippen LogP contribution in [0, 0.1) is 24.2 Å². The lowest BCUT2D eigenvalue weighted by molar-refractivity contribution is -0.137. The fourth-order valence-corrected chi connectivity index (χ4v) is 8.59. The highest BCUT2D eigenvalue weighted by Gasteiger charge is 2.35. The molecule has 23 nitrogen and oxygen atoms in total.